The Balaban J connectivity index is 2.19. The minimum absolute atomic E-state index is 0.237. The topological polar surface area (TPSA) is 68.7 Å². The van der Waals surface area contributed by atoms with Crippen LogP contribution in [0.4, 0.5) is 0 Å². The van der Waals surface area contributed by atoms with Crippen LogP contribution < -0.4 is 9.47 Å². The monoisotopic (exact) mass is 273 g/mol. The van der Waals surface area contributed by atoms with Crippen LogP contribution in [0.1, 0.15) is 21.5 Å². The van der Waals surface area contributed by atoms with Crippen molar-refractivity contribution in [1.29, 1.82) is 0 Å². The molecule has 5 nitrogen and oxygen atoms in total. The van der Waals surface area contributed by atoms with Crippen molar-refractivity contribution in [3.8, 4) is 11.6 Å². The van der Waals surface area contributed by atoms with Crippen molar-refractivity contribution in [1.82, 2.24) is 4.98 Å². The third kappa shape index (κ3) is 2.88. The molecule has 0 spiro atoms. The Kier molecular flexibility index (Phi) is 4.20. The number of aromatic nitrogens is 1. The van der Waals surface area contributed by atoms with Crippen LogP contribution in [0.25, 0.3) is 0 Å². The first-order valence-corrected chi connectivity index (χ1v) is 6.07. The molecule has 0 saturated carbocycles. The quantitative estimate of drug-likeness (QED) is 0.907. The highest BCUT2D eigenvalue weighted by molar-refractivity contribution is 5.90. The zero-order valence-corrected chi connectivity index (χ0v) is 11.3. The predicted molar refractivity (Wildman–Crippen MR) is 73.3 cm³/mol. The van der Waals surface area contributed by atoms with Gasteiger partial charge in [0.25, 0.3) is 0 Å². The summed E-state index contributed by atoms with van der Waals surface area (Å²) in [5, 5.41) is 9.07. The number of carbonyl (C=O) groups is 1. The highest BCUT2D eigenvalue weighted by Gasteiger charge is 2.11. The van der Waals surface area contributed by atoms with Gasteiger partial charge in [-0.15, -0.1) is 0 Å². The standard InChI is InChI=1S/C15H15NO4/c1-10-12(15(17)18)6-3-7-13(10)20-9-11-5-4-8-16-14(11)19-2/h3-8H,9H2,1-2H3,(H,17,18). The number of nitrogens with zero attached hydrogens (tertiary/aromatic N) is 1. The number of hydrogen-bond donors (Lipinski definition) is 1. The van der Waals surface area contributed by atoms with E-state index in [0.717, 1.165) is 5.56 Å². The van der Waals surface area contributed by atoms with Gasteiger partial charge in [0.2, 0.25) is 5.88 Å². The van der Waals surface area contributed by atoms with Crippen LogP contribution >= 0.6 is 0 Å². The summed E-state index contributed by atoms with van der Waals surface area (Å²) in [5.74, 6) is 0.0715. The summed E-state index contributed by atoms with van der Waals surface area (Å²) >= 11 is 0. The second-order valence-corrected chi connectivity index (χ2v) is 4.19. The van der Waals surface area contributed by atoms with Gasteiger partial charge in [-0.25, -0.2) is 9.78 Å². The summed E-state index contributed by atoms with van der Waals surface area (Å²) in [6.45, 7) is 1.99. The smallest absolute Gasteiger partial charge is 0.336 e. The summed E-state index contributed by atoms with van der Waals surface area (Å²) in [6.07, 6.45) is 1.64. The molecule has 1 aromatic heterocycles. The van der Waals surface area contributed by atoms with Crippen LogP contribution in [0.5, 0.6) is 11.6 Å². The molecule has 2 rings (SSSR count). The molecule has 0 aliphatic carbocycles. The highest BCUT2D eigenvalue weighted by atomic mass is 16.5. The van der Waals surface area contributed by atoms with Crippen LogP contribution in [-0.4, -0.2) is 23.2 Å². The zero-order valence-electron chi connectivity index (χ0n) is 11.3. The summed E-state index contributed by atoms with van der Waals surface area (Å²) in [4.78, 5) is 15.1. The summed E-state index contributed by atoms with van der Waals surface area (Å²) in [7, 11) is 1.54. The van der Waals surface area contributed by atoms with E-state index in [1.54, 1.807) is 44.5 Å². The van der Waals surface area contributed by atoms with E-state index < -0.39 is 5.97 Å². The lowest BCUT2D eigenvalue weighted by molar-refractivity contribution is 0.0695. The first-order valence-electron chi connectivity index (χ1n) is 6.07. The number of carboxylic acid groups (broad SMARTS) is 1. The van der Waals surface area contributed by atoms with Crippen LogP contribution in [0.15, 0.2) is 36.5 Å². The average Bonchev–Trinajstić information content (AvgIpc) is 2.46. The third-order valence-electron chi connectivity index (χ3n) is 2.94. The number of benzene rings is 1. The maximum atomic E-state index is 11.1. The van der Waals surface area contributed by atoms with E-state index in [9.17, 15) is 4.79 Å². The molecule has 0 bridgehead atoms. The van der Waals surface area contributed by atoms with Gasteiger partial charge < -0.3 is 14.6 Å². The van der Waals surface area contributed by atoms with Crippen molar-refractivity contribution in [2.75, 3.05) is 7.11 Å². The average molecular weight is 273 g/mol. The second kappa shape index (κ2) is 6.06. The lowest BCUT2D eigenvalue weighted by Gasteiger charge is -2.12. The lowest BCUT2D eigenvalue weighted by atomic mass is 10.1. The molecular formula is C15H15NO4. The molecule has 5 heteroatoms. The fraction of sp³-hybridized carbons (Fsp3) is 0.200. The molecule has 0 aliphatic rings. The van der Waals surface area contributed by atoms with Crippen LogP contribution in [0.2, 0.25) is 0 Å². The molecule has 0 fully saturated rings. The molecular weight excluding hydrogens is 258 g/mol. The fourth-order valence-electron chi connectivity index (χ4n) is 1.88. The Morgan fingerprint density at radius 1 is 1.30 bits per heavy atom. The maximum Gasteiger partial charge on any atom is 0.336 e. The SMILES string of the molecule is COc1ncccc1COc1cccc(C(=O)O)c1C. The van der Waals surface area contributed by atoms with Crippen molar-refractivity contribution < 1.29 is 19.4 Å². The molecule has 2 aromatic rings. The lowest BCUT2D eigenvalue weighted by Crippen LogP contribution is -2.04. The number of ether oxygens (including phenoxy) is 2. The Labute approximate surface area is 116 Å². The number of rotatable bonds is 5. The van der Waals surface area contributed by atoms with E-state index in [2.05, 4.69) is 4.98 Å². The largest absolute Gasteiger partial charge is 0.488 e. The van der Waals surface area contributed by atoms with Crippen molar-refractivity contribution in [2.45, 2.75) is 13.5 Å². The van der Waals surface area contributed by atoms with Crippen molar-refractivity contribution in [3.63, 3.8) is 0 Å². The Morgan fingerprint density at radius 2 is 2.10 bits per heavy atom. The Morgan fingerprint density at radius 3 is 2.80 bits per heavy atom. The first kappa shape index (κ1) is 13.9. The first-order chi connectivity index (χ1) is 9.63. The van der Waals surface area contributed by atoms with E-state index in [0.29, 0.717) is 17.2 Å². The van der Waals surface area contributed by atoms with Crippen molar-refractivity contribution >= 4 is 5.97 Å². The van der Waals surface area contributed by atoms with E-state index >= 15 is 0 Å². The highest BCUT2D eigenvalue weighted by Crippen LogP contribution is 2.23. The Bertz CT molecular complexity index is 625. The summed E-state index contributed by atoms with van der Waals surface area (Å²) in [5.41, 5.74) is 1.64. The molecule has 0 atom stereocenters. The number of aromatic carboxylic acids is 1. The van der Waals surface area contributed by atoms with Gasteiger partial charge in [0.05, 0.1) is 18.2 Å². The van der Waals surface area contributed by atoms with E-state index in [1.165, 1.54) is 0 Å². The molecule has 104 valence electrons. The zero-order chi connectivity index (χ0) is 14.5. The summed E-state index contributed by atoms with van der Waals surface area (Å²) in [6, 6.07) is 8.59. The number of hydrogen-bond acceptors (Lipinski definition) is 4. The van der Waals surface area contributed by atoms with Crippen LogP contribution in [-0.2, 0) is 6.61 Å². The van der Waals surface area contributed by atoms with Gasteiger partial charge in [-0.2, -0.15) is 0 Å². The minimum Gasteiger partial charge on any atom is -0.488 e. The van der Waals surface area contributed by atoms with E-state index in [1.807, 2.05) is 6.07 Å². The molecule has 1 aromatic carbocycles. The molecule has 20 heavy (non-hydrogen) atoms. The second-order valence-electron chi connectivity index (χ2n) is 4.19. The van der Waals surface area contributed by atoms with Crippen molar-refractivity contribution in [2.24, 2.45) is 0 Å². The molecule has 0 saturated heterocycles. The van der Waals surface area contributed by atoms with Gasteiger partial charge in [-0.05, 0) is 31.2 Å². The summed E-state index contributed by atoms with van der Waals surface area (Å²) < 4.78 is 10.8. The Hall–Kier alpha value is -2.56. The van der Waals surface area contributed by atoms with Gasteiger partial charge in [0.1, 0.15) is 12.4 Å². The minimum atomic E-state index is -0.966. The maximum absolute atomic E-state index is 11.1. The third-order valence-corrected chi connectivity index (χ3v) is 2.94. The van der Waals surface area contributed by atoms with Crippen molar-refractivity contribution in [3.05, 3.63) is 53.2 Å². The molecule has 0 amide bonds. The number of pyridine rings is 1. The van der Waals surface area contributed by atoms with Gasteiger partial charge in [-0.1, -0.05) is 6.07 Å². The molecule has 1 N–H and O–H groups in total. The normalized spacial score (nSPS) is 10.1. The molecule has 0 radical (unpaired) electrons. The molecule has 0 unspecified atom stereocenters. The van der Waals surface area contributed by atoms with E-state index in [-0.39, 0.29) is 12.2 Å². The van der Waals surface area contributed by atoms with Crippen LogP contribution in [0, 0.1) is 6.92 Å². The van der Waals surface area contributed by atoms with Crippen LogP contribution in [0.3, 0.4) is 0 Å². The van der Waals surface area contributed by atoms with Gasteiger partial charge >= 0.3 is 5.97 Å². The number of methoxy groups -OCH3 is 1. The van der Waals surface area contributed by atoms with Gasteiger partial charge in [-0.3, -0.25) is 0 Å². The molecule has 0 aliphatic heterocycles. The van der Waals surface area contributed by atoms with E-state index in [4.69, 9.17) is 14.6 Å². The number of carboxylic acids is 1. The van der Waals surface area contributed by atoms with Gasteiger partial charge in [0, 0.05) is 11.8 Å². The predicted octanol–water partition coefficient (Wildman–Crippen LogP) is 2.68. The molecule has 1 heterocycles. The fourth-order valence-corrected chi connectivity index (χ4v) is 1.88. The van der Waals surface area contributed by atoms with Gasteiger partial charge in [0.15, 0.2) is 0 Å².